The van der Waals surface area contributed by atoms with Gasteiger partial charge in [-0.2, -0.15) is 0 Å². The fraction of sp³-hybridized carbons (Fsp3) is 0.368. The number of thiophene rings is 1. The molecule has 2 aromatic rings. The van der Waals surface area contributed by atoms with E-state index in [1.807, 2.05) is 12.1 Å². The number of amides is 2. The van der Waals surface area contributed by atoms with Gasteiger partial charge in [-0.05, 0) is 53.0 Å². The van der Waals surface area contributed by atoms with Crippen molar-refractivity contribution in [3.63, 3.8) is 0 Å². The van der Waals surface area contributed by atoms with Gasteiger partial charge in [0.15, 0.2) is 0 Å². The van der Waals surface area contributed by atoms with Gasteiger partial charge >= 0.3 is 0 Å². The van der Waals surface area contributed by atoms with Gasteiger partial charge in [-0.25, -0.2) is 8.78 Å². The SMILES string of the molecule is CN(Cc1ccc(Br)s1)C(=O)C1CCN(C(=O)c2ccc(F)cc2F)CC1. The van der Waals surface area contributed by atoms with Crippen LogP contribution < -0.4 is 0 Å². The molecular formula is C19H19BrF2N2O2S. The first-order chi connectivity index (χ1) is 12.8. The first-order valence-corrected chi connectivity index (χ1v) is 10.2. The Hall–Kier alpha value is -1.80. The summed E-state index contributed by atoms with van der Waals surface area (Å²) in [6.45, 7) is 1.31. The van der Waals surface area contributed by atoms with Crippen molar-refractivity contribution in [2.75, 3.05) is 20.1 Å². The second-order valence-corrected chi connectivity index (χ2v) is 9.14. The lowest BCUT2D eigenvalue weighted by Crippen LogP contribution is -2.43. The molecule has 2 heterocycles. The van der Waals surface area contributed by atoms with Crippen LogP contribution in [-0.2, 0) is 11.3 Å². The molecule has 0 saturated carbocycles. The molecule has 1 aliphatic heterocycles. The molecule has 3 rings (SSSR count). The van der Waals surface area contributed by atoms with E-state index >= 15 is 0 Å². The summed E-state index contributed by atoms with van der Waals surface area (Å²) in [6, 6.07) is 6.89. The largest absolute Gasteiger partial charge is 0.340 e. The topological polar surface area (TPSA) is 40.6 Å². The van der Waals surface area contributed by atoms with Gasteiger partial charge in [0.05, 0.1) is 15.9 Å². The summed E-state index contributed by atoms with van der Waals surface area (Å²) in [5, 5.41) is 0. The summed E-state index contributed by atoms with van der Waals surface area (Å²) in [5.41, 5.74) is -0.137. The molecule has 1 aliphatic rings. The summed E-state index contributed by atoms with van der Waals surface area (Å²) >= 11 is 5.01. The molecule has 144 valence electrons. The van der Waals surface area contributed by atoms with Crippen molar-refractivity contribution in [2.45, 2.75) is 19.4 Å². The maximum Gasteiger partial charge on any atom is 0.256 e. The zero-order chi connectivity index (χ0) is 19.6. The van der Waals surface area contributed by atoms with Gasteiger partial charge in [-0.15, -0.1) is 11.3 Å². The lowest BCUT2D eigenvalue weighted by molar-refractivity contribution is -0.136. The number of benzene rings is 1. The van der Waals surface area contributed by atoms with E-state index in [9.17, 15) is 18.4 Å². The van der Waals surface area contributed by atoms with Gasteiger partial charge in [0, 0.05) is 37.0 Å². The van der Waals surface area contributed by atoms with Crippen LogP contribution in [0.2, 0.25) is 0 Å². The lowest BCUT2D eigenvalue weighted by Gasteiger charge is -2.33. The molecule has 4 nitrogen and oxygen atoms in total. The number of rotatable bonds is 4. The maximum atomic E-state index is 13.8. The predicted molar refractivity (Wildman–Crippen MR) is 103 cm³/mol. The van der Waals surface area contributed by atoms with E-state index < -0.39 is 17.5 Å². The highest BCUT2D eigenvalue weighted by molar-refractivity contribution is 9.11. The third kappa shape index (κ3) is 4.73. The van der Waals surface area contributed by atoms with E-state index in [0.717, 1.165) is 20.8 Å². The van der Waals surface area contributed by atoms with Crippen LogP contribution in [0.1, 0.15) is 28.1 Å². The molecule has 0 spiro atoms. The van der Waals surface area contributed by atoms with Crippen molar-refractivity contribution in [3.05, 3.63) is 56.2 Å². The highest BCUT2D eigenvalue weighted by atomic mass is 79.9. The van der Waals surface area contributed by atoms with Gasteiger partial charge in [0.2, 0.25) is 5.91 Å². The number of carbonyl (C=O) groups excluding carboxylic acids is 2. The Morgan fingerprint density at radius 1 is 1.22 bits per heavy atom. The summed E-state index contributed by atoms with van der Waals surface area (Å²) in [5.74, 6) is -2.13. The average Bonchev–Trinajstić information content (AvgIpc) is 3.05. The highest BCUT2D eigenvalue weighted by Gasteiger charge is 2.30. The summed E-state index contributed by atoms with van der Waals surface area (Å²) in [4.78, 5) is 29.4. The minimum absolute atomic E-state index is 0.0552. The Labute approximate surface area is 168 Å². The molecule has 0 bridgehead atoms. The van der Waals surface area contributed by atoms with Gasteiger partial charge in [0.25, 0.3) is 5.91 Å². The second kappa shape index (κ2) is 8.48. The smallest absolute Gasteiger partial charge is 0.256 e. The molecule has 1 aromatic heterocycles. The summed E-state index contributed by atoms with van der Waals surface area (Å²) < 4.78 is 27.9. The summed E-state index contributed by atoms with van der Waals surface area (Å²) in [7, 11) is 1.78. The average molecular weight is 457 g/mol. The van der Waals surface area contributed by atoms with E-state index in [1.54, 1.807) is 23.3 Å². The minimum Gasteiger partial charge on any atom is -0.340 e. The molecule has 1 fully saturated rings. The number of piperidine rings is 1. The lowest BCUT2D eigenvalue weighted by atomic mass is 9.95. The number of halogens is 3. The molecular weight excluding hydrogens is 438 g/mol. The van der Waals surface area contributed by atoms with E-state index in [-0.39, 0.29) is 17.4 Å². The van der Waals surface area contributed by atoms with Crippen LogP contribution in [0.5, 0.6) is 0 Å². The fourth-order valence-corrected chi connectivity index (χ4v) is 4.76. The number of carbonyl (C=O) groups is 2. The Morgan fingerprint density at radius 2 is 1.93 bits per heavy atom. The molecule has 0 N–H and O–H groups in total. The van der Waals surface area contributed by atoms with E-state index in [4.69, 9.17) is 0 Å². The maximum absolute atomic E-state index is 13.8. The van der Waals surface area contributed by atoms with E-state index in [0.29, 0.717) is 38.5 Å². The van der Waals surface area contributed by atoms with E-state index in [1.165, 1.54) is 4.90 Å². The third-order valence-corrected chi connectivity index (χ3v) is 6.30. The van der Waals surface area contributed by atoms with Crippen LogP contribution in [0.4, 0.5) is 8.78 Å². The van der Waals surface area contributed by atoms with Crippen molar-refractivity contribution in [3.8, 4) is 0 Å². The molecule has 27 heavy (non-hydrogen) atoms. The molecule has 0 radical (unpaired) electrons. The number of hydrogen-bond acceptors (Lipinski definition) is 3. The van der Waals surface area contributed by atoms with Crippen LogP contribution in [-0.4, -0.2) is 41.8 Å². The van der Waals surface area contributed by atoms with Crippen molar-refractivity contribution >= 4 is 39.1 Å². The van der Waals surface area contributed by atoms with E-state index in [2.05, 4.69) is 15.9 Å². The molecule has 0 atom stereocenters. The van der Waals surface area contributed by atoms with Crippen molar-refractivity contribution in [1.82, 2.24) is 9.80 Å². The Morgan fingerprint density at radius 3 is 2.52 bits per heavy atom. The minimum atomic E-state index is -0.861. The van der Waals surface area contributed by atoms with Crippen LogP contribution in [0, 0.1) is 17.6 Å². The highest BCUT2D eigenvalue weighted by Crippen LogP contribution is 2.25. The fourth-order valence-electron chi connectivity index (χ4n) is 3.22. The number of likely N-dealkylation sites (tertiary alicyclic amines) is 1. The molecule has 0 unspecified atom stereocenters. The number of nitrogens with zero attached hydrogens (tertiary/aromatic N) is 2. The first kappa shape index (κ1) is 19.9. The van der Waals surface area contributed by atoms with Crippen LogP contribution in [0.25, 0.3) is 0 Å². The van der Waals surface area contributed by atoms with Gasteiger partial charge in [-0.3, -0.25) is 9.59 Å². The van der Waals surface area contributed by atoms with Gasteiger partial charge in [0.1, 0.15) is 11.6 Å². The first-order valence-electron chi connectivity index (χ1n) is 8.58. The van der Waals surface area contributed by atoms with Crippen molar-refractivity contribution in [2.24, 2.45) is 5.92 Å². The second-order valence-electron chi connectivity index (χ2n) is 6.59. The van der Waals surface area contributed by atoms with Gasteiger partial charge in [-0.1, -0.05) is 0 Å². The zero-order valence-electron chi connectivity index (χ0n) is 14.8. The predicted octanol–water partition coefficient (Wildman–Crippen LogP) is 4.30. The normalized spacial score (nSPS) is 15.0. The molecule has 8 heteroatoms. The van der Waals surface area contributed by atoms with Crippen LogP contribution in [0.3, 0.4) is 0 Å². The summed E-state index contributed by atoms with van der Waals surface area (Å²) in [6.07, 6.45) is 1.07. The zero-order valence-corrected chi connectivity index (χ0v) is 17.2. The van der Waals surface area contributed by atoms with Crippen molar-refractivity contribution < 1.29 is 18.4 Å². The Bertz CT molecular complexity index is 850. The van der Waals surface area contributed by atoms with Crippen molar-refractivity contribution in [1.29, 1.82) is 0 Å². The molecule has 1 saturated heterocycles. The quantitative estimate of drug-likeness (QED) is 0.687. The molecule has 2 amide bonds. The Balaban J connectivity index is 1.56. The number of hydrogen-bond donors (Lipinski definition) is 0. The monoisotopic (exact) mass is 456 g/mol. The molecule has 1 aromatic carbocycles. The standard InChI is InChI=1S/C19H19BrF2N2O2S/c1-23(11-14-3-5-17(20)27-14)18(25)12-6-8-24(9-7-12)19(26)15-4-2-13(21)10-16(15)22/h2-5,10,12H,6-9,11H2,1H3. The molecule has 0 aliphatic carbocycles. The van der Waals surface area contributed by atoms with Crippen LogP contribution in [0.15, 0.2) is 34.1 Å². The Kier molecular flexibility index (Phi) is 6.26. The van der Waals surface area contributed by atoms with Crippen LogP contribution >= 0.6 is 27.3 Å². The third-order valence-electron chi connectivity index (χ3n) is 4.69. The van der Waals surface area contributed by atoms with Gasteiger partial charge < -0.3 is 9.80 Å².